The molecule has 4 heteroatoms. The number of carbonyl (C=O) groups is 1. The van der Waals surface area contributed by atoms with Crippen LogP contribution in [0.25, 0.3) is 0 Å². The summed E-state index contributed by atoms with van der Waals surface area (Å²) in [6.07, 6.45) is 5.53. The third-order valence-corrected chi connectivity index (χ3v) is 3.72. The molecule has 3 rings (SSSR count). The minimum Gasteiger partial charge on any atom is -0.350 e. The Labute approximate surface area is 88.4 Å². The van der Waals surface area contributed by atoms with Crippen LogP contribution in [-0.4, -0.2) is 16.1 Å². The Morgan fingerprint density at radius 2 is 2.33 bits per heavy atom. The molecule has 0 radical (unpaired) electrons. The van der Waals surface area contributed by atoms with Gasteiger partial charge in [-0.3, -0.25) is 9.89 Å². The minimum atomic E-state index is 0.235. The molecule has 1 amide bonds. The van der Waals surface area contributed by atoms with Crippen molar-refractivity contribution < 1.29 is 4.79 Å². The van der Waals surface area contributed by atoms with E-state index in [1.165, 1.54) is 19.3 Å². The summed E-state index contributed by atoms with van der Waals surface area (Å²) in [7, 11) is 0. The second-order valence-electron chi connectivity index (χ2n) is 4.58. The number of carbonyl (C=O) groups excluding carboxylic acids is 1. The lowest BCUT2D eigenvalue weighted by atomic mass is 10.1. The Hall–Kier alpha value is -1.32. The molecule has 4 nitrogen and oxygen atoms in total. The highest BCUT2D eigenvalue weighted by atomic mass is 16.2. The molecule has 0 spiro atoms. The highest BCUT2D eigenvalue weighted by Gasteiger charge is 2.56. The quantitative estimate of drug-likeness (QED) is 0.775. The van der Waals surface area contributed by atoms with Crippen LogP contribution in [0.15, 0.2) is 12.3 Å². The summed E-state index contributed by atoms with van der Waals surface area (Å²) in [5, 5.41) is 9.64. The number of fused-ring (bicyclic) bond motifs is 1. The van der Waals surface area contributed by atoms with Crippen LogP contribution >= 0.6 is 0 Å². The van der Waals surface area contributed by atoms with Gasteiger partial charge in [0, 0.05) is 12.1 Å². The van der Waals surface area contributed by atoms with Crippen molar-refractivity contribution in [1.82, 2.24) is 15.5 Å². The fourth-order valence-electron chi connectivity index (χ4n) is 2.89. The Morgan fingerprint density at radius 1 is 1.53 bits per heavy atom. The number of nitrogens with one attached hydrogen (secondary N) is 2. The van der Waals surface area contributed by atoms with Crippen LogP contribution in [0.1, 0.15) is 25.0 Å². The van der Waals surface area contributed by atoms with Crippen molar-refractivity contribution in [2.24, 2.45) is 17.8 Å². The fraction of sp³-hybridized carbons (Fsp3) is 0.636. The van der Waals surface area contributed by atoms with Gasteiger partial charge in [0.2, 0.25) is 5.91 Å². The van der Waals surface area contributed by atoms with Crippen molar-refractivity contribution >= 4 is 5.91 Å². The van der Waals surface area contributed by atoms with Crippen molar-refractivity contribution in [3.05, 3.63) is 18.0 Å². The van der Waals surface area contributed by atoms with Gasteiger partial charge in [-0.1, -0.05) is 6.42 Å². The number of nitrogens with zero attached hydrogens (tertiary/aromatic N) is 1. The van der Waals surface area contributed by atoms with Gasteiger partial charge in [0.25, 0.3) is 0 Å². The Bertz CT molecular complexity index is 350. The average molecular weight is 205 g/mol. The molecule has 2 unspecified atom stereocenters. The Balaban J connectivity index is 1.50. The van der Waals surface area contributed by atoms with E-state index < -0.39 is 0 Å². The molecule has 1 aromatic heterocycles. The highest BCUT2D eigenvalue weighted by Crippen LogP contribution is 2.57. The maximum atomic E-state index is 11.8. The lowest BCUT2D eigenvalue weighted by Crippen LogP contribution is -2.26. The van der Waals surface area contributed by atoms with E-state index in [1.807, 2.05) is 6.07 Å². The first kappa shape index (κ1) is 8.95. The van der Waals surface area contributed by atoms with Crippen LogP contribution in [0.2, 0.25) is 0 Å². The lowest BCUT2D eigenvalue weighted by molar-refractivity contribution is -0.123. The van der Waals surface area contributed by atoms with E-state index in [0.717, 1.165) is 5.69 Å². The van der Waals surface area contributed by atoms with Gasteiger partial charge in [0.05, 0.1) is 12.2 Å². The van der Waals surface area contributed by atoms with E-state index >= 15 is 0 Å². The summed E-state index contributed by atoms with van der Waals surface area (Å²) >= 11 is 0. The molecule has 1 heterocycles. The van der Waals surface area contributed by atoms with Gasteiger partial charge >= 0.3 is 0 Å². The van der Waals surface area contributed by atoms with Crippen LogP contribution in [0.4, 0.5) is 0 Å². The fourth-order valence-corrected chi connectivity index (χ4v) is 2.89. The second-order valence-corrected chi connectivity index (χ2v) is 4.58. The summed E-state index contributed by atoms with van der Waals surface area (Å²) in [5.41, 5.74) is 0.967. The van der Waals surface area contributed by atoms with E-state index in [4.69, 9.17) is 0 Å². The topological polar surface area (TPSA) is 57.8 Å². The number of hydrogen-bond acceptors (Lipinski definition) is 2. The molecule has 2 N–H and O–H groups in total. The van der Waals surface area contributed by atoms with E-state index in [2.05, 4.69) is 15.5 Å². The van der Waals surface area contributed by atoms with Crippen molar-refractivity contribution in [1.29, 1.82) is 0 Å². The van der Waals surface area contributed by atoms with Crippen molar-refractivity contribution in [2.45, 2.75) is 25.8 Å². The number of hydrogen-bond donors (Lipinski definition) is 2. The normalized spacial score (nSPS) is 32.4. The Morgan fingerprint density at radius 3 is 3.00 bits per heavy atom. The van der Waals surface area contributed by atoms with Crippen molar-refractivity contribution in [3.8, 4) is 0 Å². The summed E-state index contributed by atoms with van der Waals surface area (Å²) in [6, 6.07) is 1.88. The SMILES string of the molecule is O=C(NCc1ccn[nH]1)C1C2CCCC21. The molecule has 2 atom stereocenters. The highest BCUT2D eigenvalue weighted by molar-refractivity contribution is 5.82. The molecular weight excluding hydrogens is 190 g/mol. The van der Waals surface area contributed by atoms with E-state index in [0.29, 0.717) is 24.3 Å². The van der Waals surface area contributed by atoms with Crippen molar-refractivity contribution in [3.63, 3.8) is 0 Å². The molecule has 0 aliphatic heterocycles. The van der Waals surface area contributed by atoms with Gasteiger partial charge in [-0.2, -0.15) is 5.10 Å². The maximum absolute atomic E-state index is 11.8. The zero-order valence-electron chi connectivity index (χ0n) is 8.57. The molecule has 0 saturated heterocycles. The third kappa shape index (κ3) is 1.54. The first-order chi connectivity index (χ1) is 7.36. The van der Waals surface area contributed by atoms with Gasteiger partial charge in [-0.15, -0.1) is 0 Å². The largest absolute Gasteiger partial charge is 0.350 e. The predicted octanol–water partition coefficient (Wildman–Crippen LogP) is 1.07. The molecule has 0 aromatic carbocycles. The van der Waals surface area contributed by atoms with E-state index in [1.54, 1.807) is 6.20 Å². The first-order valence-electron chi connectivity index (χ1n) is 5.62. The van der Waals surface area contributed by atoms with Crippen LogP contribution in [0.5, 0.6) is 0 Å². The summed E-state index contributed by atoms with van der Waals surface area (Å²) in [6.45, 7) is 0.578. The summed E-state index contributed by atoms with van der Waals surface area (Å²) in [5.74, 6) is 1.96. The smallest absolute Gasteiger partial charge is 0.224 e. The summed E-state index contributed by atoms with van der Waals surface area (Å²) < 4.78 is 0. The van der Waals surface area contributed by atoms with E-state index in [-0.39, 0.29) is 5.91 Å². The predicted molar refractivity (Wildman–Crippen MR) is 54.8 cm³/mol. The third-order valence-electron chi connectivity index (χ3n) is 3.72. The zero-order valence-corrected chi connectivity index (χ0v) is 8.57. The molecule has 2 aliphatic carbocycles. The van der Waals surface area contributed by atoms with Gasteiger partial charge in [-0.25, -0.2) is 0 Å². The minimum absolute atomic E-state index is 0.235. The molecule has 2 aliphatic rings. The molecule has 15 heavy (non-hydrogen) atoms. The molecule has 80 valence electrons. The van der Waals surface area contributed by atoms with E-state index in [9.17, 15) is 4.79 Å². The molecule has 2 saturated carbocycles. The standard InChI is InChI=1S/C11H15N3O/c15-11(10-8-2-1-3-9(8)10)12-6-7-4-5-13-14-7/h4-5,8-10H,1-3,6H2,(H,12,15)(H,13,14). The number of H-pyrrole nitrogens is 1. The molecule has 1 aromatic rings. The second kappa shape index (κ2) is 3.36. The average Bonchev–Trinajstić information content (AvgIpc) is 2.72. The molecular formula is C11H15N3O. The van der Waals surface area contributed by atoms with Crippen LogP contribution in [0.3, 0.4) is 0 Å². The molecule has 0 bridgehead atoms. The number of aromatic amines is 1. The zero-order chi connectivity index (χ0) is 10.3. The van der Waals surface area contributed by atoms with Crippen LogP contribution in [-0.2, 0) is 11.3 Å². The summed E-state index contributed by atoms with van der Waals surface area (Å²) in [4.78, 5) is 11.8. The van der Waals surface area contributed by atoms with Gasteiger partial charge in [0.15, 0.2) is 0 Å². The van der Waals surface area contributed by atoms with Crippen molar-refractivity contribution in [2.75, 3.05) is 0 Å². The number of rotatable bonds is 3. The number of amides is 1. The molecule has 2 fully saturated rings. The Kier molecular flexibility index (Phi) is 2.01. The first-order valence-corrected chi connectivity index (χ1v) is 5.62. The van der Waals surface area contributed by atoms with Gasteiger partial charge < -0.3 is 5.32 Å². The monoisotopic (exact) mass is 205 g/mol. The van der Waals surface area contributed by atoms with Crippen LogP contribution < -0.4 is 5.32 Å². The number of aromatic nitrogens is 2. The van der Waals surface area contributed by atoms with Crippen LogP contribution in [0, 0.1) is 17.8 Å². The van der Waals surface area contributed by atoms with Gasteiger partial charge in [0.1, 0.15) is 0 Å². The maximum Gasteiger partial charge on any atom is 0.224 e. The lowest BCUT2D eigenvalue weighted by Gasteiger charge is -2.04. The van der Waals surface area contributed by atoms with Gasteiger partial charge in [-0.05, 0) is 30.7 Å².